The number of hydrogen-bond acceptors (Lipinski definition) is 7. The van der Waals surface area contributed by atoms with Gasteiger partial charge < -0.3 is 25.3 Å². The zero-order chi connectivity index (χ0) is 26.6. The maximum Gasteiger partial charge on any atom is 0.339 e. The number of sulfone groups is 1. The summed E-state index contributed by atoms with van der Waals surface area (Å²) >= 11 is 0. The van der Waals surface area contributed by atoms with Gasteiger partial charge in [0.2, 0.25) is 15.7 Å². The lowest BCUT2D eigenvalue weighted by Crippen LogP contribution is -2.49. The molecule has 3 amide bonds. The van der Waals surface area contributed by atoms with Crippen LogP contribution in [-0.2, 0) is 19.4 Å². The maximum atomic E-state index is 13.3. The summed E-state index contributed by atoms with van der Waals surface area (Å²) in [6, 6.07) is 5.99. The van der Waals surface area contributed by atoms with Crippen LogP contribution in [0.1, 0.15) is 37.2 Å². The van der Waals surface area contributed by atoms with Gasteiger partial charge in [0, 0.05) is 30.2 Å². The van der Waals surface area contributed by atoms with Gasteiger partial charge >= 0.3 is 5.24 Å². The summed E-state index contributed by atoms with van der Waals surface area (Å²) in [6.07, 6.45) is 1.47. The summed E-state index contributed by atoms with van der Waals surface area (Å²) in [7, 11) is -2.62. The second-order valence-corrected chi connectivity index (χ2v) is 11.3. The van der Waals surface area contributed by atoms with Crippen molar-refractivity contribution in [2.45, 2.75) is 32.7 Å². The summed E-state index contributed by atoms with van der Waals surface area (Å²) in [4.78, 5) is 54.8. The highest BCUT2D eigenvalue weighted by atomic mass is 32.2. The second-order valence-electron chi connectivity index (χ2n) is 9.42. The number of carbonyl (C=O) groups is 4. The Morgan fingerprint density at radius 1 is 1.25 bits per heavy atom. The zero-order valence-corrected chi connectivity index (χ0v) is 21.6. The van der Waals surface area contributed by atoms with Crippen molar-refractivity contribution in [1.29, 1.82) is 0 Å². The highest BCUT2D eigenvalue weighted by Crippen LogP contribution is 2.26. The van der Waals surface area contributed by atoms with Crippen LogP contribution in [0.15, 0.2) is 24.3 Å². The fourth-order valence-corrected chi connectivity index (χ4v) is 4.84. The normalized spacial score (nSPS) is 16.6. The number of amides is 3. The lowest BCUT2D eigenvalue weighted by atomic mass is 9.99. The lowest BCUT2D eigenvalue weighted by Gasteiger charge is -2.26. The van der Waals surface area contributed by atoms with E-state index in [0.717, 1.165) is 11.2 Å². The molecule has 0 bridgehead atoms. The fourth-order valence-electron chi connectivity index (χ4n) is 4.23. The van der Waals surface area contributed by atoms with Crippen molar-refractivity contribution in [3.05, 3.63) is 30.0 Å². The number of hydrogen-bond donors (Lipinski definition) is 3. The molecule has 1 fully saturated rings. The van der Waals surface area contributed by atoms with Crippen molar-refractivity contribution in [2.24, 2.45) is 11.8 Å². The third-order valence-corrected chi connectivity index (χ3v) is 6.91. The van der Waals surface area contributed by atoms with Gasteiger partial charge in [-0.3, -0.25) is 19.2 Å². The third kappa shape index (κ3) is 6.42. The van der Waals surface area contributed by atoms with E-state index in [1.807, 2.05) is 13.8 Å². The summed E-state index contributed by atoms with van der Waals surface area (Å²) in [6.45, 7) is 3.42. The van der Waals surface area contributed by atoms with Gasteiger partial charge in [-0.1, -0.05) is 19.9 Å². The number of benzene rings is 1. The maximum absolute atomic E-state index is 13.3. The molecule has 0 spiro atoms. The Morgan fingerprint density at radius 3 is 2.56 bits per heavy atom. The van der Waals surface area contributed by atoms with Crippen LogP contribution < -0.4 is 15.4 Å². The van der Waals surface area contributed by atoms with Crippen LogP contribution in [0, 0.1) is 11.8 Å². The number of ketones is 1. The predicted octanol–water partition coefficient (Wildman–Crippen LogP) is 1.49. The molecule has 1 saturated heterocycles. The number of nitrogens with one attached hydrogen (secondary N) is 3. The third-order valence-electron chi connectivity index (χ3n) is 6.02. The molecular formula is C24H32N4O7S. The van der Waals surface area contributed by atoms with Gasteiger partial charge in [-0.2, -0.15) is 0 Å². The predicted molar refractivity (Wildman–Crippen MR) is 133 cm³/mol. The minimum Gasteiger partial charge on any atom is -0.496 e. The van der Waals surface area contributed by atoms with Crippen LogP contribution in [0.3, 0.4) is 0 Å². The van der Waals surface area contributed by atoms with Gasteiger partial charge in [-0.15, -0.1) is 0 Å². The van der Waals surface area contributed by atoms with E-state index in [4.69, 9.17) is 4.74 Å². The van der Waals surface area contributed by atoms with Crippen molar-refractivity contribution in [3.8, 4) is 5.75 Å². The first-order valence-corrected chi connectivity index (χ1v) is 13.6. The number of H-pyrrole nitrogens is 1. The Bertz CT molecular complexity index is 1270. The van der Waals surface area contributed by atoms with E-state index >= 15 is 0 Å². The van der Waals surface area contributed by atoms with E-state index in [9.17, 15) is 27.6 Å². The first-order valence-electron chi connectivity index (χ1n) is 11.7. The molecule has 1 aliphatic rings. The number of carbonyl (C=O) groups excluding carboxylic acids is 4. The van der Waals surface area contributed by atoms with Gasteiger partial charge in [0.1, 0.15) is 11.4 Å². The minimum atomic E-state index is -4.14. The molecule has 3 rings (SSSR count). The van der Waals surface area contributed by atoms with Crippen LogP contribution >= 0.6 is 0 Å². The van der Waals surface area contributed by atoms with Crippen molar-refractivity contribution in [3.63, 3.8) is 0 Å². The topological polar surface area (TPSA) is 155 Å². The van der Waals surface area contributed by atoms with Crippen molar-refractivity contribution >= 4 is 43.6 Å². The number of aromatic amines is 1. The smallest absolute Gasteiger partial charge is 0.339 e. The minimum absolute atomic E-state index is 0.0155. The van der Waals surface area contributed by atoms with E-state index in [0.29, 0.717) is 29.6 Å². The summed E-state index contributed by atoms with van der Waals surface area (Å²) < 4.78 is 29.3. The molecule has 0 unspecified atom stereocenters. The van der Waals surface area contributed by atoms with E-state index in [1.54, 1.807) is 24.3 Å². The molecule has 1 aromatic carbocycles. The molecule has 0 saturated carbocycles. The van der Waals surface area contributed by atoms with E-state index in [-0.39, 0.29) is 30.5 Å². The van der Waals surface area contributed by atoms with Crippen molar-refractivity contribution < 1.29 is 32.3 Å². The lowest BCUT2D eigenvalue weighted by molar-refractivity contribution is -0.124. The first-order chi connectivity index (χ1) is 16.9. The van der Waals surface area contributed by atoms with E-state index < -0.39 is 45.3 Å². The number of methoxy groups -OCH3 is 1. The van der Waals surface area contributed by atoms with Crippen LogP contribution in [-0.4, -0.2) is 80.2 Å². The van der Waals surface area contributed by atoms with Gasteiger partial charge in [-0.05, 0) is 37.0 Å². The number of nitrogens with zero attached hydrogens (tertiary/aromatic N) is 1. The first kappa shape index (κ1) is 27.2. The number of aromatic nitrogens is 1. The Labute approximate surface area is 209 Å². The molecule has 1 aliphatic heterocycles. The van der Waals surface area contributed by atoms with Crippen LogP contribution in [0.2, 0.25) is 0 Å². The van der Waals surface area contributed by atoms with E-state index in [1.165, 1.54) is 7.11 Å². The molecular weight excluding hydrogens is 488 g/mol. The van der Waals surface area contributed by atoms with Crippen molar-refractivity contribution in [2.75, 3.05) is 33.0 Å². The second kappa shape index (κ2) is 11.1. The molecule has 1 aromatic heterocycles. The monoisotopic (exact) mass is 520 g/mol. The van der Waals surface area contributed by atoms with Gasteiger partial charge in [0.05, 0.1) is 25.6 Å². The summed E-state index contributed by atoms with van der Waals surface area (Å²) in [5.74, 6) is -1.35. The average molecular weight is 521 g/mol. The molecule has 2 aromatic rings. The molecule has 36 heavy (non-hydrogen) atoms. The van der Waals surface area contributed by atoms with Crippen LogP contribution in [0.5, 0.6) is 5.75 Å². The standard InChI is InChI=1S/C24H32N4O7S/c1-14(2)10-18(27-23(31)19-11-16-17(26-19)6-5-7-21(16)35-3)20(29)13-28(24(32)36(4,33)34)12-15-8-9-25-22(15)30/h5-7,11,14-15,18,26H,8-10,12-13H2,1-4H3,(H,25,30)(H,27,31)/t15-,18-/m0/s1. The molecule has 3 N–H and O–H groups in total. The van der Waals surface area contributed by atoms with Gasteiger partial charge in [-0.25, -0.2) is 8.42 Å². The SMILES string of the molecule is COc1cccc2[nH]c(C(=O)N[C@@H](CC(C)C)C(=O)CN(C[C@@H]3CCNC3=O)C(=O)S(C)(=O)=O)cc12. The quantitative estimate of drug-likeness (QED) is 0.429. The van der Waals surface area contributed by atoms with Crippen molar-refractivity contribution in [1.82, 2.24) is 20.5 Å². The Balaban J connectivity index is 1.81. The zero-order valence-electron chi connectivity index (χ0n) is 20.8. The Kier molecular flexibility index (Phi) is 8.39. The fraction of sp³-hybridized carbons (Fsp3) is 0.500. The summed E-state index contributed by atoms with van der Waals surface area (Å²) in [5, 5.41) is 4.83. The molecule has 2 heterocycles. The van der Waals surface area contributed by atoms with Crippen LogP contribution in [0.25, 0.3) is 10.9 Å². The largest absolute Gasteiger partial charge is 0.496 e. The summed E-state index contributed by atoms with van der Waals surface area (Å²) in [5.41, 5.74) is 0.911. The average Bonchev–Trinajstić information content (AvgIpc) is 3.42. The van der Waals surface area contributed by atoms with Crippen LogP contribution in [0.4, 0.5) is 4.79 Å². The molecule has 196 valence electrons. The number of Topliss-reactive ketones (excluding diaryl/α,β-unsaturated/α-hetero) is 1. The van der Waals surface area contributed by atoms with Gasteiger partial charge in [0.15, 0.2) is 5.78 Å². The molecule has 11 nitrogen and oxygen atoms in total. The van der Waals surface area contributed by atoms with Gasteiger partial charge in [0.25, 0.3) is 5.91 Å². The molecule has 2 atom stereocenters. The number of rotatable bonds is 10. The highest BCUT2D eigenvalue weighted by Gasteiger charge is 2.34. The van der Waals surface area contributed by atoms with E-state index in [2.05, 4.69) is 15.6 Å². The number of fused-ring (bicyclic) bond motifs is 1. The Morgan fingerprint density at radius 2 is 1.97 bits per heavy atom. The molecule has 0 radical (unpaired) electrons. The molecule has 0 aliphatic carbocycles. The Hall–Kier alpha value is -3.41. The highest BCUT2D eigenvalue weighted by molar-refractivity contribution is 8.05. The number of ether oxygens (including phenoxy) is 1. The molecule has 12 heteroatoms.